The van der Waals surface area contributed by atoms with E-state index in [4.69, 9.17) is 9.47 Å². The zero-order valence-electron chi connectivity index (χ0n) is 15.2. The first-order valence-corrected chi connectivity index (χ1v) is 8.51. The molecule has 136 valence electrons. The fraction of sp³-hybridized carbons (Fsp3) is 0.450. The van der Waals surface area contributed by atoms with Crippen molar-refractivity contribution in [1.82, 2.24) is 4.90 Å². The zero-order chi connectivity index (χ0) is 18.9. The first-order chi connectivity index (χ1) is 12.3. The predicted molar refractivity (Wildman–Crippen MR) is 94.2 cm³/mol. The Balaban J connectivity index is 1.85. The minimum Gasteiger partial charge on any atom is -0.497 e. The maximum Gasteiger partial charge on any atom is 0.249 e. The van der Waals surface area contributed by atoms with Crippen LogP contribution in [0.25, 0.3) is 0 Å². The summed E-state index contributed by atoms with van der Waals surface area (Å²) in [5.74, 6) is 0.480. The number of nitrogens with zero attached hydrogens (tertiary/aromatic N) is 2. The van der Waals surface area contributed by atoms with Gasteiger partial charge in [0.2, 0.25) is 5.91 Å². The van der Waals surface area contributed by atoms with Gasteiger partial charge in [-0.25, -0.2) is 0 Å². The molecule has 1 spiro atoms. The summed E-state index contributed by atoms with van der Waals surface area (Å²) in [6, 6.07) is 9.52. The van der Waals surface area contributed by atoms with Gasteiger partial charge in [0, 0.05) is 12.0 Å². The number of carbonyl (C=O) groups excluding carboxylic acids is 2. The van der Waals surface area contributed by atoms with E-state index in [1.807, 2.05) is 44.2 Å². The van der Waals surface area contributed by atoms with Crippen LogP contribution in [-0.4, -0.2) is 42.5 Å². The summed E-state index contributed by atoms with van der Waals surface area (Å²) in [6.45, 7) is 4.33. The van der Waals surface area contributed by atoms with Crippen LogP contribution in [0.1, 0.15) is 25.8 Å². The average molecular weight is 354 g/mol. The van der Waals surface area contributed by atoms with E-state index in [0.29, 0.717) is 19.5 Å². The Labute approximate surface area is 153 Å². The van der Waals surface area contributed by atoms with Gasteiger partial charge in [-0.1, -0.05) is 26.0 Å². The van der Waals surface area contributed by atoms with Gasteiger partial charge < -0.3 is 14.4 Å². The average Bonchev–Trinajstić information content (AvgIpc) is 2.62. The van der Waals surface area contributed by atoms with E-state index in [1.165, 1.54) is 0 Å². The highest BCUT2D eigenvalue weighted by Crippen LogP contribution is 2.41. The Bertz CT molecular complexity index is 804. The zero-order valence-corrected chi connectivity index (χ0v) is 15.2. The van der Waals surface area contributed by atoms with Crippen molar-refractivity contribution in [1.29, 1.82) is 5.26 Å². The summed E-state index contributed by atoms with van der Waals surface area (Å²) < 4.78 is 11.0. The quantitative estimate of drug-likeness (QED) is 0.832. The Kier molecular flexibility index (Phi) is 4.59. The third-order valence-electron chi connectivity index (χ3n) is 4.96. The molecule has 1 saturated heterocycles. The van der Waals surface area contributed by atoms with Crippen molar-refractivity contribution in [3.8, 4) is 11.8 Å². The van der Waals surface area contributed by atoms with Crippen molar-refractivity contribution in [2.45, 2.75) is 32.4 Å². The molecule has 0 saturated carbocycles. The molecule has 3 rings (SSSR count). The predicted octanol–water partition coefficient (Wildman–Crippen LogP) is 2.24. The van der Waals surface area contributed by atoms with E-state index >= 15 is 0 Å². The number of carbonyl (C=O) groups is 2. The number of Topliss-reactive ketones (excluding diaryl/α,β-unsaturated/α-hetero) is 1. The van der Waals surface area contributed by atoms with Gasteiger partial charge in [-0.05, 0) is 30.2 Å². The van der Waals surface area contributed by atoms with Crippen molar-refractivity contribution in [3.63, 3.8) is 0 Å². The number of ketones is 1. The van der Waals surface area contributed by atoms with Gasteiger partial charge in [-0.3, -0.25) is 9.59 Å². The topological polar surface area (TPSA) is 79.6 Å². The molecule has 1 aromatic carbocycles. The maximum atomic E-state index is 12.4. The molecule has 0 aromatic heterocycles. The van der Waals surface area contributed by atoms with Crippen molar-refractivity contribution < 1.29 is 19.1 Å². The highest BCUT2D eigenvalue weighted by Gasteiger charge is 2.49. The lowest BCUT2D eigenvalue weighted by molar-refractivity contribution is -0.163. The van der Waals surface area contributed by atoms with E-state index in [0.717, 1.165) is 11.3 Å². The Morgan fingerprint density at radius 2 is 1.96 bits per heavy atom. The summed E-state index contributed by atoms with van der Waals surface area (Å²) in [4.78, 5) is 26.4. The SMILES string of the molecule is COc1ccc(CN2CC3(C=C(C#N)C(=O)C(C)(C)C3)OCC2=O)cc1. The Morgan fingerprint density at radius 1 is 1.27 bits per heavy atom. The fourth-order valence-corrected chi connectivity index (χ4v) is 3.70. The standard InChI is InChI=1S/C20H22N2O4/c1-19(2)12-20(8-15(9-21)18(19)24)13-22(17(23)11-26-20)10-14-4-6-16(25-3)7-5-14/h4-8H,10-13H2,1-3H3. The molecule has 1 fully saturated rings. The van der Waals surface area contributed by atoms with Crippen molar-refractivity contribution >= 4 is 11.7 Å². The van der Waals surface area contributed by atoms with E-state index in [9.17, 15) is 14.9 Å². The normalized spacial score (nSPS) is 25.0. The van der Waals surface area contributed by atoms with Crippen LogP contribution in [0.3, 0.4) is 0 Å². The highest BCUT2D eigenvalue weighted by atomic mass is 16.5. The minimum absolute atomic E-state index is 0.0599. The van der Waals surface area contributed by atoms with Crippen molar-refractivity contribution in [3.05, 3.63) is 41.5 Å². The molecule has 1 amide bonds. The van der Waals surface area contributed by atoms with Crippen LogP contribution in [0.2, 0.25) is 0 Å². The Hall–Kier alpha value is -2.65. The van der Waals surface area contributed by atoms with E-state index in [1.54, 1.807) is 18.1 Å². The Morgan fingerprint density at radius 3 is 2.58 bits per heavy atom. The lowest BCUT2D eigenvalue weighted by atomic mass is 9.69. The minimum atomic E-state index is -0.803. The summed E-state index contributed by atoms with van der Waals surface area (Å²) in [6.07, 6.45) is 2.05. The molecule has 2 aliphatic rings. The lowest BCUT2D eigenvalue weighted by Crippen LogP contribution is -2.57. The van der Waals surface area contributed by atoms with Crippen LogP contribution in [0.4, 0.5) is 0 Å². The second kappa shape index (κ2) is 6.58. The lowest BCUT2D eigenvalue weighted by Gasteiger charge is -2.46. The molecule has 26 heavy (non-hydrogen) atoms. The first kappa shape index (κ1) is 18.2. The van der Waals surface area contributed by atoms with Crippen molar-refractivity contribution in [2.24, 2.45) is 5.41 Å². The van der Waals surface area contributed by atoms with Crippen LogP contribution >= 0.6 is 0 Å². The van der Waals surface area contributed by atoms with Crippen LogP contribution in [-0.2, 0) is 20.9 Å². The van der Waals surface area contributed by atoms with Crippen LogP contribution in [0.15, 0.2) is 35.9 Å². The molecule has 1 aliphatic heterocycles. The molecule has 1 heterocycles. The number of ether oxygens (including phenoxy) is 2. The van der Waals surface area contributed by atoms with E-state index in [2.05, 4.69) is 0 Å². The van der Waals surface area contributed by atoms with Crippen LogP contribution < -0.4 is 4.74 Å². The fourth-order valence-electron chi connectivity index (χ4n) is 3.70. The van der Waals surface area contributed by atoms with Crippen molar-refractivity contribution in [2.75, 3.05) is 20.3 Å². The summed E-state index contributed by atoms with van der Waals surface area (Å²) in [5, 5.41) is 9.32. The molecule has 6 nitrogen and oxygen atoms in total. The van der Waals surface area contributed by atoms with Crippen LogP contribution in [0.5, 0.6) is 5.75 Å². The number of nitriles is 1. The first-order valence-electron chi connectivity index (χ1n) is 8.51. The molecule has 0 N–H and O–H groups in total. The molecule has 0 radical (unpaired) electrons. The second-order valence-electron chi connectivity index (χ2n) is 7.51. The van der Waals surface area contributed by atoms with Gasteiger partial charge in [0.05, 0.1) is 19.2 Å². The molecule has 0 bridgehead atoms. The number of benzene rings is 1. The monoisotopic (exact) mass is 354 g/mol. The molecular formula is C20H22N2O4. The number of hydrogen-bond donors (Lipinski definition) is 0. The molecule has 1 aromatic rings. The molecule has 1 atom stereocenters. The second-order valence-corrected chi connectivity index (χ2v) is 7.51. The third-order valence-corrected chi connectivity index (χ3v) is 4.96. The number of amides is 1. The summed E-state index contributed by atoms with van der Waals surface area (Å²) in [5.41, 5.74) is -0.415. The number of allylic oxidation sites excluding steroid dienone is 1. The van der Waals surface area contributed by atoms with E-state index in [-0.39, 0.29) is 23.9 Å². The van der Waals surface area contributed by atoms with Gasteiger partial charge in [0.15, 0.2) is 5.78 Å². The largest absolute Gasteiger partial charge is 0.497 e. The highest BCUT2D eigenvalue weighted by molar-refractivity contribution is 6.04. The van der Waals surface area contributed by atoms with Gasteiger partial charge >= 0.3 is 0 Å². The number of rotatable bonds is 3. The third kappa shape index (κ3) is 3.35. The summed E-state index contributed by atoms with van der Waals surface area (Å²) >= 11 is 0. The van der Waals surface area contributed by atoms with Gasteiger partial charge in [0.1, 0.15) is 24.0 Å². The maximum absolute atomic E-state index is 12.4. The van der Waals surface area contributed by atoms with E-state index < -0.39 is 11.0 Å². The molecular weight excluding hydrogens is 332 g/mol. The molecule has 6 heteroatoms. The smallest absolute Gasteiger partial charge is 0.249 e. The number of morpholine rings is 1. The molecule has 1 unspecified atom stereocenters. The number of methoxy groups -OCH3 is 1. The number of hydrogen-bond acceptors (Lipinski definition) is 5. The summed E-state index contributed by atoms with van der Waals surface area (Å²) in [7, 11) is 1.61. The van der Waals surface area contributed by atoms with Gasteiger partial charge in [0.25, 0.3) is 0 Å². The molecule has 1 aliphatic carbocycles. The van der Waals surface area contributed by atoms with Crippen LogP contribution in [0, 0.1) is 16.7 Å². The van der Waals surface area contributed by atoms with Gasteiger partial charge in [-0.15, -0.1) is 0 Å². The van der Waals surface area contributed by atoms with Gasteiger partial charge in [-0.2, -0.15) is 5.26 Å².